The summed E-state index contributed by atoms with van der Waals surface area (Å²) in [6.07, 6.45) is 2.54. The summed E-state index contributed by atoms with van der Waals surface area (Å²) in [6.45, 7) is 11.0. The van der Waals surface area contributed by atoms with Gasteiger partial charge in [0.2, 0.25) is 0 Å². The Bertz CT molecular complexity index is 1180. The molecular weight excluding hydrogens is 414 g/mol. The molecule has 5 rings (SSSR count). The molecule has 0 amide bonds. The number of hydrogen-bond donors (Lipinski definition) is 1. The van der Waals surface area contributed by atoms with Gasteiger partial charge in [-0.3, -0.25) is 14.6 Å². The third kappa shape index (κ3) is 4.67. The Labute approximate surface area is 195 Å². The van der Waals surface area contributed by atoms with Gasteiger partial charge in [-0.2, -0.15) is 5.10 Å². The zero-order chi connectivity index (χ0) is 22.8. The molecule has 2 aliphatic heterocycles. The van der Waals surface area contributed by atoms with Crippen LogP contribution in [0.5, 0.6) is 11.5 Å². The lowest BCUT2D eigenvalue weighted by Gasteiger charge is -2.35. The van der Waals surface area contributed by atoms with Gasteiger partial charge in [-0.25, -0.2) is 5.10 Å². The number of H-pyrrole nitrogens is 1. The van der Waals surface area contributed by atoms with Crippen molar-refractivity contribution in [3.8, 4) is 22.8 Å². The van der Waals surface area contributed by atoms with Crippen LogP contribution in [0, 0.1) is 0 Å². The molecule has 1 saturated heterocycles. The molecule has 33 heavy (non-hydrogen) atoms. The number of unbranched alkanes of at least 4 members (excludes halogenated alkanes) is 1. The van der Waals surface area contributed by atoms with Crippen molar-refractivity contribution in [1.82, 2.24) is 24.9 Å². The summed E-state index contributed by atoms with van der Waals surface area (Å²) in [4.78, 5) is 19.8. The SMILES string of the molecule is CCCCN(C)CCN1CCN(Cc2ccc3c(c2)-c2n[nH]c(=O)c4cccc(c24)O3)CC1. The molecule has 1 aromatic heterocycles. The molecule has 1 fully saturated rings. The van der Waals surface area contributed by atoms with Crippen molar-refractivity contribution < 1.29 is 4.74 Å². The minimum absolute atomic E-state index is 0.187. The van der Waals surface area contributed by atoms with Crippen molar-refractivity contribution in [2.45, 2.75) is 26.3 Å². The standard InChI is InChI=1S/C26H33N5O2/c1-3-4-10-29(2)11-12-30-13-15-31(16-14-30)18-19-8-9-22-21(17-19)25-24-20(26(32)28-27-25)6-5-7-23(24)33-22/h5-9,17H,3-4,10-16,18H2,1-2H3,(H,28,32). The molecule has 174 valence electrons. The van der Waals surface area contributed by atoms with Crippen LogP contribution in [0.1, 0.15) is 25.3 Å². The van der Waals surface area contributed by atoms with E-state index in [4.69, 9.17) is 4.74 Å². The molecule has 7 nitrogen and oxygen atoms in total. The van der Waals surface area contributed by atoms with Crippen LogP contribution in [0.4, 0.5) is 0 Å². The average Bonchev–Trinajstić information content (AvgIpc) is 2.84. The molecule has 3 heterocycles. The van der Waals surface area contributed by atoms with E-state index in [1.807, 2.05) is 24.3 Å². The van der Waals surface area contributed by atoms with Crippen molar-refractivity contribution in [2.75, 3.05) is 52.9 Å². The average molecular weight is 448 g/mol. The number of likely N-dealkylation sites (N-methyl/N-ethyl adjacent to an activating group) is 1. The Morgan fingerprint density at radius 3 is 2.70 bits per heavy atom. The first-order chi connectivity index (χ1) is 16.1. The van der Waals surface area contributed by atoms with E-state index in [0.717, 1.165) is 68.2 Å². The monoisotopic (exact) mass is 447 g/mol. The van der Waals surface area contributed by atoms with E-state index in [1.165, 1.54) is 24.9 Å². The number of aromatic nitrogens is 2. The van der Waals surface area contributed by atoms with E-state index in [-0.39, 0.29) is 5.56 Å². The van der Waals surface area contributed by atoms with E-state index in [1.54, 1.807) is 0 Å². The van der Waals surface area contributed by atoms with Crippen LogP contribution in [0.2, 0.25) is 0 Å². The van der Waals surface area contributed by atoms with Gasteiger partial charge in [0.25, 0.3) is 5.56 Å². The highest BCUT2D eigenvalue weighted by Crippen LogP contribution is 2.44. The Morgan fingerprint density at radius 2 is 1.88 bits per heavy atom. The van der Waals surface area contributed by atoms with Gasteiger partial charge < -0.3 is 9.64 Å². The predicted molar refractivity (Wildman–Crippen MR) is 132 cm³/mol. The van der Waals surface area contributed by atoms with Crippen LogP contribution >= 0.6 is 0 Å². The van der Waals surface area contributed by atoms with E-state index in [0.29, 0.717) is 11.1 Å². The van der Waals surface area contributed by atoms with Gasteiger partial charge in [0.05, 0.1) is 10.8 Å². The number of rotatable bonds is 8. The molecule has 0 bridgehead atoms. The van der Waals surface area contributed by atoms with E-state index in [2.05, 4.69) is 51.0 Å². The number of hydrogen-bond acceptors (Lipinski definition) is 6. The van der Waals surface area contributed by atoms with E-state index < -0.39 is 0 Å². The lowest BCUT2D eigenvalue weighted by Crippen LogP contribution is -2.47. The Morgan fingerprint density at radius 1 is 1.06 bits per heavy atom. The lowest BCUT2D eigenvalue weighted by molar-refractivity contribution is 0.117. The minimum atomic E-state index is -0.187. The number of benzene rings is 2. The number of aromatic amines is 1. The van der Waals surface area contributed by atoms with Gasteiger partial charge in [-0.15, -0.1) is 0 Å². The Kier molecular flexibility index (Phi) is 6.44. The first-order valence-electron chi connectivity index (χ1n) is 12.1. The summed E-state index contributed by atoms with van der Waals surface area (Å²) >= 11 is 0. The van der Waals surface area contributed by atoms with Crippen LogP contribution < -0.4 is 10.3 Å². The molecule has 2 aliphatic rings. The second kappa shape index (κ2) is 9.63. The summed E-state index contributed by atoms with van der Waals surface area (Å²) in [7, 11) is 2.23. The van der Waals surface area contributed by atoms with Crippen molar-refractivity contribution in [2.24, 2.45) is 0 Å². The van der Waals surface area contributed by atoms with Gasteiger partial charge >= 0.3 is 0 Å². The van der Waals surface area contributed by atoms with Crippen molar-refractivity contribution in [1.29, 1.82) is 0 Å². The molecule has 0 atom stereocenters. The van der Waals surface area contributed by atoms with Gasteiger partial charge in [0.15, 0.2) is 0 Å². The summed E-state index contributed by atoms with van der Waals surface area (Å²) in [5.41, 5.74) is 2.79. The number of ether oxygens (including phenoxy) is 1. The second-order valence-electron chi connectivity index (χ2n) is 9.29. The fourth-order valence-corrected chi connectivity index (χ4v) is 4.82. The Hall–Kier alpha value is -2.74. The van der Waals surface area contributed by atoms with Crippen LogP contribution in [0.15, 0.2) is 41.2 Å². The van der Waals surface area contributed by atoms with Crippen molar-refractivity contribution in [3.05, 3.63) is 52.3 Å². The maximum absolute atomic E-state index is 12.2. The summed E-state index contributed by atoms with van der Waals surface area (Å²) in [5.74, 6) is 1.48. The molecule has 0 radical (unpaired) electrons. The minimum Gasteiger partial charge on any atom is -0.456 e. The highest BCUT2D eigenvalue weighted by atomic mass is 16.5. The largest absolute Gasteiger partial charge is 0.456 e. The normalized spacial score (nSPS) is 16.2. The smallest absolute Gasteiger partial charge is 0.272 e. The molecule has 7 heteroatoms. The molecule has 1 N–H and O–H groups in total. The van der Waals surface area contributed by atoms with Crippen molar-refractivity contribution in [3.63, 3.8) is 0 Å². The first-order valence-corrected chi connectivity index (χ1v) is 12.1. The van der Waals surface area contributed by atoms with Gasteiger partial charge in [0.1, 0.15) is 17.2 Å². The molecule has 0 unspecified atom stereocenters. The number of nitrogens with zero attached hydrogens (tertiary/aromatic N) is 4. The molecule has 0 aliphatic carbocycles. The highest BCUT2D eigenvalue weighted by molar-refractivity contribution is 6.01. The molecule has 0 spiro atoms. The fraction of sp³-hybridized carbons (Fsp3) is 0.462. The quantitative estimate of drug-likeness (QED) is 0.446. The molecule has 2 aromatic carbocycles. The topological polar surface area (TPSA) is 64.7 Å². The van der Waals surface area contributed by atoms with E-state index >= 15 is 0 Å². The zero-order valence-corrected chi connectivity index (χ0v) is 19.6. The summed E-state index contributed by atoms with van der Waals surface area (Å²) in [6, 6.07) is 11.9. The molecule has 0 saturated carbocycles. The second-order valence-corrected chi connectivity index (χ2v) is 9.29. The number of nitrogens with one attached hydrogen (secondary N) is 1. The van der Waals surface area contributed by atoms with Gasteiger partial charge in [-0.05, 0) is 49.8 Å². The van der Waals surface area contributed by atoms with Crippen LogP contribution in [0.25, 0.3) is 22.0 Å². The fourth-order valence-electron chi connectivity index (χ4n) is 4.82. The third-order valence-electron chi connectivity index (χ3n) is 6.86. The molecular formula is C26H33N5O2. The van der Waals surface area contributed by atoms with Crippen LogP contribution in [0.3, 0.4) is 0 Å². The third-order valence-corrected chi connectivity index (χ3v) is 6.86. The Balaban J connectivity index is 1.24. The molecule has 3 aromatic rings. The summed E-state index contributed by atoms with van der Waals surface area (Å²) < 4.78 is 6.12. The zero-order valence-electron chi connectivity index (χ0n) is 19.6. The van der Waals surface area contributed by atoms with E-state index in [9.17, 15) is 4.79 Å². The lowest BCUT2D eigenvalue weighted by atomic mass is 9.99. The number of fused-ring (bicyclic) bond motifs is 2. The maximum atomic E-state index is 12.2. The van der Waals surface area contributed by atoms with Crippen LogP contribution in [-0.2, 0) is 6.54 Å². The maximum Gasteiger partial charge on any atom is 0.272 e. The summed E-state index contributed by atoms with van der Waals surface area (Å²) in [5, 5.41) is 8.45. The predicted octanol–water partition coefficient (Wildman–Crippen LogP) is 3.55. The van der Waals surface area contributed by atoms with Crippen LogP contribution in [-0.4, -0.2) is 77.8 Å². The highest BCUT2D eigenvalue weighted by Gasteiger charge is 2.24. The van der Waals surface area contributed by atoms with Gasteiger partial charge in [-0.1, -0.05) is 25.5 Å². The van der Waals surface area contributed by atoms with Crippen molar-refractivity contribution >= 4 is 10.8 Å². The first kappa shape index (κ1) is 22.1. The number of piperazine rings is 1. The van der Waals surface area contributed by atoms with Gasteiger partial charge in [0, 0.05) is 51.4 Å².